The third-order valence-electron chi connectivity index (χ3n) is 3.58. The fourth-order valence-corrected chi connectivity index (χ4v) is 3.80. The first kappa shape index (κ1) is 21.8. The lowest BCUT2D eigenvalue weighted by Crippen LogP contribution is -2.12. The number of hydrogen-bond donors (Lipinski definition) is 2. The fraction of sp³-hybridized carbons (Fsp3) is 0.294. The molecule has 11 heteroatoms. The van der Waals surface area contributed by atoms with Crippen LogP contribution in [0.1, 0.15) is 16.7 Å². The van der Waals surface area contributed by atoms with Gasteiger partial charge >= 0.3 is 6.18 Å². The first-order valence-corrected chi connectivity index (χ1v) is 9.68. The van der Waals surface area contributed by atoms with Gasteiger partial charge in [-0.15, -0.1) is 10.2 Å². The number of nitrogens with one attached hydrogen (secondary N) is 2. The average Bonchev–Trinajstić information content (AvgIpc) is 2.65. The smallest absolute Gasteiger partial charge is 0.386 e. The zero-order valence-electron chi connectivity index (χ0n) is 15.3. The molecule has 1 aromatic heterocycles. The molecule has 0 radical (unpaired) electrons. The van der Waals surface area contributed by atoms with Crippen molar-refractivity contribution in [3.05, 3.63) is 41.0 Å². The molecule has 6 nitrogen and oxygen atoms in total. The highest BCUT2D eigenvalue weighted by Crippen LogP contribution is 2.34. The van der Waals surface area contributed by atoms with Crippen molar-refractivity contribution >= 4 is 39.4 Å². The molecule has 0 saturated carbocycles. The summed E-state index contributed by atoms with van der Waals surface area (Å²) in [5.74, 6) is 0.863. The van der Waals surface area contributed by atoms with Gasteiger partial charge in [-0.3, -0.25) is 5.41 Å². The molecule has 2 N–H and O–H groups in total. The number of alkyl halides is 3. The Bertz CT molecular complexity index is 909. The summed E-state index contributed by atoms with van der Waals surface area (Å²) in [7, 11) is 5.41. The lowest BCUT2D eigenvalue weighted by molar-refractivity contribution is -0.137. The van der Waals surface area contributed by atoms with Crippen LogP contribution in [0.2, 0.25) is 0 Å². The standard InChI is InChI=1S/C17H17F3N6S2/c1-23-13-7-14(26(2)3)24-25-15(13)28-16(22)27-9-10-4-5-12(17(18,19)20)6-11(10)8-21/h4-7,22H,9H2,1-3H3,(H,23,24). The van der Waals surface area contributed by atoms with Crippen molar-refractivity contribution in [2.24, 2.45) is 0 Å². The fourth-order valence-electron chi connectivity index (χ4n) is 2.09. The first-order chi connectivity index (χ1) is 13.2. The zero-order valence-corrected chi connectivity index (χ0v) is 16.9. The Morgan fingerprint density at radius 2 is 2.00 bits per heavy atom. The van der Waals surface area contributed by atoms with Gasteiger partial charge in [0.25, 0.3) is 0 Å². The van der Waals surface area contributed by atoms with Crippen molar-refractivity contribution < 1.29 is 13.2 Å². The largest absolute Gasteiger partial charge is 0.416 e. The molecule has 0 atom stereocenters. The quantitative estimate of drug-likeness (QED) is 0.415. The molecule has 1 aromatic carbocycles. The maximum atomic E-state index is 12.8. The van der Waals surface area contributed by atoms with Gasteiger partial charge in [-0.1, -0.05) is 17.8 Å². The van der Waals surface area contributed by atoms with E-state index in [-0.39, 0.29) is 15.7 Å². The van der Waals surface area contributed by atoms with Crippen molar-refractivity contribution in [2.75, 3.05) is 31.4 Å². The maximum Gasteiger partial charge on any atom is 0.416 e. The Morgan fingerprint density at radius 3 is 2.57 bits per heavy atom. The zero-order chi connectivity index (χ0) is 20.9. The predicted octanol–water partition coefficient (Wildman–Crippen LogP) is 4.44. The second-order valence-electron chi connectivity index (χ2n) is 5.73. The third kappa shape index (κ3) is 5.53. The van der Waals surface area contributed by atoms with Crippen LogP contribution < -0.4 is 10.2 Å². The number of hydrogen-bond acceptors (Lipinski definition) is 8. The average molecular weight is 426 g/mol. The van der Waals surface area contributed by atoms with E-state index in [9.17, 15) is 13.2 Å². The van der Waals surface area contributed by atoms with Crippen LogP contribution >= 0.6 is 23.5 Å². The summed E-state index contributed by atoms with van der Waals surface area (Å²) in [5, 5.41) is 29.0. The number of thioether (sulfide) groups is 2. The molecular formula is C17H17F3N6S2. The van der Waals surface area contributed by atoms with Crippen LogP contribution in [-0.4, -0.2) is 35.7 Å². The summed E-state index contributed by atoms with van der Waals surface area (Å²) in [6.45, 7) is 0. The van der Waals surface area contributed by atoms with Crippen LogP contribution in [0, 0.1) is 16.7 Å². The Morgan fingerprint density at radius 1 is 1.29 bits per heavy atom. The Kier molecular flexibility index (Phi) is 7.15. The van der Waals surface area contributed by atoms with E-state index in [1.165, 1.54) is 6.07 Å². The van der Waals surface area contributed by atoms with E-state index in [1.807, 2.05) is 14.1 Å². The molecule has 0 aliphatic heterocycles. The van der Waals surface area contributed by atoms with E-state index in [0.29, 0.717) is 22.1 Å². The third-order valence-corrected chi connectivity index (χ3v) is 5.58. The van der Waals surface area contributed by atoms with Gasteiger partial charge in [-0.25, -0.2) is 0 Å². The van der Waals surface area contributed by atoms with Gasteiger partial charge in [0, 0.05) is 33.0 Å². The van der Waals surface area contributed by atoms with Gasteiger partial charge in [-0.2, -0.15) is 18.4 Å². The summed E-state index contributed by atoms with van der Waals surface area (Å²) >= 11 is 2.19. The minimum atomic E-state index is -4.50. The van der Waals surface area contributed by atoms with E-state index in [1.54, 1.807) is 24.1 Å². The molecule has 148 valence electrons. The summed E-state index contributed by atoms with van der Waals surface area (Å²) in [5.41, 5.74) is 0.235. The Hall–Kier alpha value is -2.45. The van der Waals surface area contributed by atoms with Gasteiger partial charge in [0.2, 0.25) is 0 Å². The van der Waals surface area contributed by atoms with Crippen LogP contribution in [0.15, 0.2) is 29.3 Å². The number of rotatable bonds is 5. The van der Waals surface area contributed by atoms with Crippen molar-refractivity contribution in [1.82, 2.24) is 10.2 Å². The predicted molar refractivity (Wildman–Crippen MR) is 107 cm³/mol. The van der Waals surface area contributed by atoms with Crippen LogP contribution in [-0.2, 0) is 11.9 Å². The van der Waals surface area contributed by atoms with Crippen LogP contribution in [0.5, 0.6) is 0 Å². The molecule has 28 heavy (non-hydrogen) atoms. The number of nitrogens with zero attached hydrogens (tertiary/aromatic N) is 4. The topological polar surface area (TPSA) is 88.7 Å². The van der Waals surface area contributed by atoms with Crippen molar-refractivity contribution in [3.8, 4) is 6.07 Å². The van der Waals surface area contributed by atoms with E-state index in [4.69, 9.17) is 10.7 Å². The SMILES string of the molecule is CNc1cc(N(C)C)nnc1SC(=N)SCc1ccc(C(F)(F)F)cc1C#N. The number of benzene rings is 1. The van der Waals surface area contributed by atoms with Gasteiger partial charge in [0.1, 0.15) is 9.40 Å². The normalized spacial score (nSPS) is 11.0. The highest BCUT2D eigenvalue weighted by molar-refractivity contribution is 8.38. The lowest BCUT2D eigenvalue weighted by atomic mass is 10.1. The van der Waals surface area contributed by atoms with Crippen molar-refractivity contribution in [2.45, 2.75) is 17.0 Å². The van der Waals surface area contributed by atoms with Crippen molar-refractivity contribution in [3.63, 3.8) is 0 Å². The minimum absolute atomic E-state index is 0.0498. The lowest BCUT2D eigenvalue weighted by Gasteiger charge is -2.14. The molecule has 0 saturated heterocycles. The molecule has 0 spiro atoms. The first-order valence-electron chi connectivity index (χ1n) is 7.88. The molecule has 1 heterocycles. The van der Waals surface area contributed by atoms with E-state index >= 15 is 0 Å². The summed E-state index contributed by atoms with van der Waals surface area (Å²) < 4.78 is 38.5. The summed E-state index contributed by atoms with van der Waals surface area (Å²) in [6.07, 6.45) is -4.50. The molecule has 0 bridgehead atoms. The molecule has 0 aliphatic carbocycles. The molecule has 0 fully saturated rings. The number of nitriles is 1. The monoisotopic (exact) mass is 426 g/mol. The van der Waals surface area contributed by atoms with Gasteiger partial charge in [-0.05, 0) is 29.5 Å². The molecule has 0 unspecified atom stereocenters. The van der Waals surface area contributed by atoms with E-state index < -0.39 is 11.7 Å². The Balaban J connectivity index is 2.08. The van der Waals surface area contributed by atoms with Crippen LogP contribution in [0.3, 0.4) is 0 Å². The number of aromatic nitrogens is 2. The second kappa shape index (κ2) is 9.16. The molecule has 0 aliphatic rings. The molecular weight excluding hydrogens is 409 g/mol. The van der Waals surface area contributed by atoms with Gasteiger partial charge < -0.3 is 10.2 Å². The van der Waals surface area contributed by atoms with Gasteiger partial charge in [0.05, 0.1) is 22.9 Å². The molecule has 0 amide bonds. The van der Waals surface area contributed by atoms with E-state index in [2.05, 4.69) is 15.5 Å². The van der Waals surface area contributed by atoms with E-state index in [0.717, 1.165) is 35.7 Å². The highest BCUT2D eigenvalue weighted by Gasteiger charge is 2.31. The van der Waals surface area contributed by atoms with Crippen LogP contribution in [0.25, 0.3) is 0 Å². The second-order valence-corrected chi connectivity index (χ2v) is 7.97. The summed E-state index contributed by atoms with van der Waals surface area (Å²) in [6, 6.07) is 6.64. The molecule has 2 aromatic rings. The highest BCUT2D eigenvalue weighted by atomic mass is 32.2. The van der Waals surface area contributed by atoms with Crippen LogP contribution in [0.4, 0.5) is 24.7 Å². The number of anilines is 2. The number of halogens is 3. The summed E-state index contributed by atoms with van der Waals surface area (Å²) in [4.78, 5) is 1.80. The van der Waals surface area contributed by atoms with Gasteiger partial charge in [0.15, 0.2) is 5.82 Å². The Labute approximate surface area is 169 Å². The molecule has 2 rings (SSSR count). The maximum absolute atomic E-state index is 12.8. The van der Waals surface area contributed by atoms with Crippen molar-refractivity contribution in [1.29, 1.82) is 10.7 Å². The minimum Gasteiger partial charge on any atom is -0.386 e.